The van der Waals surface area contributed by atoms with Crippen LogP contribution in [0.4, 0.5) is 5.82 Å². The van der Waals surface area contributed by atoms with Gasteiger partial charge >= 0.3 is 5.97 Å². The predicted octanol–water partition coefficient (Wildman–Crippen LogP) is 0.849. The SMILES string of the molecule is CC(C)(CC(=O)Nc1ccn[nH]1)C(=O)O. The van der Waals surface area contributed by atoms with E-state index >= 15 is 0 Å². The summed E-state index contributed by atoms with van der Waals surface area (Å²) >= 11 is 0. The third kappa shape index (κ3) is 3.08. The highest BCUT2D eigenvalue weighted by Gasteiger charge is 2.30. The van der Waals surface area contributed by atoms with Crippen molar-refractivity contribution in [2.75, 3.05) is 5.32 Å². The molecule has 1 aromatic rings. The van der Waals surface area contributed by atoms with E-state index in [1.54, 1.807) is 6.07 Å². The van der Waals surface area contributed by atoms with Crippen LogP contribution in [0.3, 0.4) is 0 Å². The number of nitrogens with one attached hydrogen (secondary N) is 2. The number of nitrogens with zero attached hydrogens (tertiary/aromatic N) is 1. The lowest BCUT2D eigenvalue weighted by Gasteiger charge is -2.17. The van der Waals surface area contributed by atoms with Crippen molar-refractivity contribution in [1.29, 1.82) is 0 Å². The van der Waals surface area contributed by atoms with Crippen LogP contribution in [0.15, 0.2) is 12.3 Å². The summed E-state index contributed by atoms with van der Waals surface area (Å²) in [5, 5.41) is 17.5. The Morgan fingerprint density at radius 2 is 2.27 bits per heavy atom. The Morgan fingerprint density at radius 3 is 2.73 bits per heavy atom. The van der Waals surface area contributed by atoms with E-state index in [-0.39, 0.29) is 12.3 Å². The second kappa shape index (κ2) is 4.12. The number of carbonyl (C=O) groups is 2. The van der Waals surface area contributed by atoms with Crippen LogP contribution in [0.2, 0.25) is 0 Å². The molecule has 0 saturated carbocycles. The van der Waals surface area contributed by atoms with Crippen LogP contribution in [0.5, 0.6) is 0 Å². The summed E-state index contributed by atoms with van der Waals surface area (Å²) in [5.74, 6) is -0.893. The zero-order valence-electron chi connectivity index (χ0n) is 8.57. The first-order valence-electron chi connectivity index (χ1n) is 4.44. The zero-order valence-corrected chi connectivity index (χ0v) is 8.57. The molecule has 1 amide bonds. The van der Waals surface area contributed by atoms with Gasteiger partial charge in [-0.25, -0.2) is 0 Å². The fraction of sp³-hybridized carbons (Fsp3) is 0.444. The van der Waals surface area contributed by atoms with E-state index < -0.39 is 11.4 Å². The molecule has 0 aliphatic carbocycles. The third-order valence-electron chi connectivity index (χ3n) is 1.96. The summed E-state index contributed by atoms with van der Waals surface area (Å²) in [4.78, 5) is 22.2. The van der Waals surface area contributed by atoms with Gasteiger partial charge in [0.15, 0.2) is 0 Å². The Kier molecular flexibility index (Phi) is 3.08. The highest BCUT2D eigenvalue weighted by atomic mass is 16.4. The maximum atomic E-state index is 11.4. The Labute approximate surface area is 86.7 Å². The smallest absolute Gasteiger partial charge is 0.309 e. The van der Waals surface area contributed by atoms with Crippen molar-refractivity contribution in [3.63, 3.8) is 0 Å². The van der Waals surface area contributed by atoms with Crippen molar-refractivity contribution >= 4 is 17.7 Å². The molecule has 6 heteroatoms. The molecule has 15 heavy (non-hydrogen) atoms. The predicted molar refractivity (Wildman–Crippen MR) is 53.3 cm³/mol. The van der Waals surface area contributed by atoms with E-state index in [1.165, 1.54) is 20.0 Å². The molecule has 0 spiro atoms. The molecule has 82 valence electrons. The molecule has 1 heterocycles. The van der Waals surface area contributed by atoms with E-state index in [1.807, 2.05) is 0 Å². The minimum absolute atomic E-state index is 0.0820. The van der Waals surface area contributed by atoms with Crippen LogP contribution in [-0.2, 0) is 9.59 Å². The molecule has 1 aromatic heterocycles. The molecule has 0 aliphatic rings. The first-order chi connectivity index (χ1) is 6.92. The first-order valence-corrected chi connectivity index (χ1v) is 4.44. The fourth-order valence-electron chi connectivity index (χ4n) is 0.997. The summed E-state index contributed by atoms with van der Waals surface area (Å²) < 4.78 is 0. The lowest BCUT2D eigenvalue weighted by atomic mass is 9.89. The quantitative estimate of drug-likeness (QED) is 0.688. The van der Waals surface area contributed by atoms with Gasteiger partial charge in [0, 0.05) is 12.5 Å². The summed E-state index contributed by atoms with van der Waals surface area (Å²) in [6, 6.07) is 1.59. The number of hydrogen-bond acceptors (Lipinski definition) is 3. The maximum Gasteiger partial charge on any atom is 0.309 e. The van der Waals surface area contributed by atoms with Crippen molar-refractivity contribution in [2.24, 2.45) is 5.41 Å². The number of aromatic amines is 1. The molecule has 0 radical (unpaired) electrons. The van der Waals surface area contributed by atoms with Gasteiger partial charge in [0.2, 0.25) is 5.91 Å². The van der Waals surface area contributed by atoms with Crippen molar-refractivity contribution in [3.05, 3.63) is 12.3 Å². The number of H-pyrrole nitrogens is 1. The van der Waals surface area contributed by atoms with Gasteiger partial charge in [0.1, 0.15) is 5.82 Å². The molecule has 1 rings (SSSR count). The molecular weight excluding hydrogens is 198 g/mol. The Bertz CT molecular complexity index is 357. The maximum absolute atomic E-state index is 11.4. The monoisotopic (exact) mass is 211 g/mol. The van der Waals surface area contributed by atoms with Crippen LogP contribution in [-0.4, -0.2) is 27.2 Å². The lowest BCUT2D eigenvalue weighted by molar-refractivity contribution is -0.148. The summed E-state index contributed by atoms with van der Waals surface area (Å²) in [7, 11) is 0. The van der Waals surface area contributed by atoms with Gasteiger partial charge in [0.05, 0.1) is 11.6 Å². The number of aromatic nitrogens is 2. The second-order valence-electron chi connectivity index (χ2n) is 3.88. The van der Waals surface area contributed by atoms with Crippen LogP contribution >= 0.6 is 0 Å². The van der Waals surface area contributed by atoms with E-state index in [0.29, 0.717) is 5.82 Å². The zero-order chi connectivity index (χ0) is 11.5. The topological polar surface area (TPSA) is 95.1 Å². The van der Waals surface area contributed by atoms with E-state index in [2.05, 4.69) is 15.5 Å². The lowest BCUT2D eigenvalue weighted by Crippen LogP contribution is -2.29. The van der Waals surface area contributed by atoms with Crippen LogP contribution in [0.1, 0.15) is 20.3 Å². The first kappa shape index (κ1) is 11.2. The van der Waals surface area contributed by atoms with Crippen molar-refractivity contribution in [3.8, 4) is 0 Å². The average Bonchev–Trinajstić information content (AvgIpc) is 2.54. The standard InChI is InChI=1S/C9H13N3O3/c1-9(2,8(14)15)5-7(13)11-6-3-4-10-12-6/h3-4H,5H2,1-2H3,(H,14,15)(H2,10,11,12,13). The van der Waals surface area contributed by atoms with Gasteiger partial charge in [-0.2, -0.15) is 5.10 Å². The van der Waals surface area contributed by atoms with Crippen LogP contribution in [0, 0.1) is 5.41 Å². The summed E-state index contributed by atoms with van der Waals surface area (Å²) in [6.45, 7) is 3.00. The second-order valence-corrected chi connectivity index (χ2v) is 3.88. The molecule has 0 atom stereocenters. The van der Waals surface area contributed by atoms with E-state index in [0.717, 1.165) is 0 Å². The molecule has 0 fully saturated rings. The number of hydrogen-bond donors (Lipinski definition) is 3. The van der Waals surface area contributed by atoms with E-state index in [4.69, 9.17) is 5.11 Å². The number of amides is 1. The number of carboxylic acids is 1. The van der Waals surface area contributed by atoms with Gasteiger partial charge < -0.3 is 10.4 Å². The Hall–Kier alpha value is -1.85. The number of carboxylic acid groups (broad SMARTS) is 1. The highest BCUT2D eigenvalue weighted by Crippen LogP contribution is 2.20. The van der Waals surface area contributed by atoms with Gasteiger partial charge in [-0.3, -0.25) is 14.7 Å². The minimum Gasteiger partial charge on any atom is -0.481 e. The molecule has 0 unspecified atom stereocenters. The number of anilines is 1. The highest BCUT2D eigenvalue weighted by molar-refractivity contribution is 5.93. The normalized spacial score (nSPS) is 11.1. The van der Waals surface area contributed by atoms with E-state index in [9.17, 15) is 9.59 Å². The molecule has 6 nitrogen and oxygen atoms in total. The molecule has 0 aliphatic heterocycles. The Balaban J connectivity index is 2.53. The molecule has 0 saturated heterocycles. The number of carbonyl (C=O) groups excluding carboxylic acids is 1. The minimum atomic E-state index is -1.07. The van der Waals surface area contributed by atoms with Crippen molar-refractivity contribution in [1.82, 2.24) is 10.2 Å². The molecule has 0 aromatic carbocycles. The summed E-state index contributed by atoms with van der Waals surface area (Å²) in [5.41, 5.74) is -1.07. The molecule has 3 N–H and O–H groups in total. The number of rotatable bonds is 4. The fourth-order valence-corrected chi connectivity index (χ4v) is 0.997. The third-order valence-corrected chi connectivity index (χ3v) is 1.96. The van der Waals surface area contributed by atoms with Gasteiger partial charge in [-0.05, 0) is 13.8 Å². The van der Waals surface area contributed by atoms with Crippen molar-refractivity contribution in [2.45, 2.75) is 20.3 Å². The van der Waals surface area contributed by atoms with Crippen LogP contribution in [0.25, 0.3) is 0 Å². The van der Waals surface area contributed by atoms with Crippen LogP contribution < -0.4 is 5.32 Å². The van der Waals surface area contributed by atoms with Gasteiger partial charge in [-0.1, -0.05) is 0 Å². The largest absolute Gasteiger partial charge is 0.481 e. The number of aliphatic carboxylic acids is 1. The molecule has 0 bridgehead atoms. The van der Waals surface area contributed by atoms with Gasteiger partial charge in [0.25, 0.3) is 0 Å². The Morgan fingerprint density at radius 1 is 1.60 bits per heavy atom. The van der Waals surface area contributed by atoms with Crippen molar-refractivity contribution < 1.29 is 14.7 Å². The molecular formula is C9H13N3O3. The van der Waals surface area contributed by atoms with Gasteiger partial charge in [-0.15, -0.1) is 0 Å². The summed E-state index contributed by atoms with van der Waals surface area (Å²) in [6.07, 6.45) is 1.42. The average molecular weight is 211 g/mol.